The van der Waals surface area contributed by atoms with Gasteiger partial charge in [0.15, 0.2) is 0 Å². The van der Waals surface area contributed by atoms with Gasteiger partial charge in [-0.3, -0.25) is 0 Å². The molecule has 0 atom stereocenters. The van der Waals surface area contributed by atoms with Gasteiger partial charge in [-0.2, -0.15) is 4.98 Å². The Morgan fingerprint density at radius 3 is 2.63 bits per heavy atom. The highest BCUT2D eigenvalue weighted by Crippen LogP contribution is 2.13. The molecule has 0 bridgehead atoms. The second kappa shape index (κ2) is 6.70. The number of sulfone groups is 1. The molecule has 1 aromatic heterocycles. The van der Waals surface area contributed by atoms with E-state index < -0.39 is 9.84 Å². The van der Waals surface area contributed by atoms with Crippen molar-refractivity contribution in [1.82, 2.24) is 9.97 Å². The van der Waals surface area contributed by atoms with Gasteiger partial charge in [0, 0.05) is 38.2 Å². The third-order valence-electron chi connectivity index (χ3n) is 2.56. The highest BCUT2D eigenvalue weighted by molar-refractivity contribution is 7.90. The Labute approximate surface area is 115 Å². The van der Waals surface area contributed by atoms with E-state index in [0.29, 0.717) is 12.5 Å². The van der Waals surface area contributed by atoms with Crippen LogP contribution in [0.15, 0.2) is 6.07 Å². The maximum Gasteiger partial charge on any atom is 0.224 e. The van der Waals surface area contributed by atoms with Gasteiger partial charge < -0.3 is 10.2 Å². The van der Waals surface area contributed by atoms with Crippen molar-refractivity contribution in [1.29, 1.82) is 0 Å². The molecule has 0 radical (unpaired) electrons. The molecular formula is C12H22N4O2S. The SMILES string of the molecule is CCCNc1nc(C)cc(N(C)CCS(C)(=O)=O)n1. The van der Waals surface area contributed by atoms with Gasteiger partial charge in [0.2, 0.25) is 5.95 Å². The number of aryl methyl sites for hydroxylation is 1. The van der Waals surface area contributed by atoms with Gasteiger partial charge in [-0.05, 0) is 13.3 Å². The van der Waals surface area contributed by atoms with E-state index in [4.69, 9.17) is 0 Å². The molecule has 1 rings (SSSR count). The monoisotopic (exact) mass is 286 g/mol. The summed E-state index contributed by atoms with van der Waals surface area (Å²) >= 11 is 0. The predicted molar refractivity (Wildman–Crippen MR) is 78.5 cm³/mol. The summed E-state index contributed by atoms with van der Waals surface area (Å²) in [7, 11) is -1.13. The first-order valence-corrected chi connectivity index (χ1v) is 8.36. The minimum Gasteiger partial charge on any atom is -0.358 e. The first-order valence-electron chi connectivity index (χ1n) is 6.30. The number of anilines is 2. The minimum absolute atomic E-state index is 0.115. The van der Waals surface area contributed by atoms with E-state index in [9.17, 15) is 8.42 Å². The molecule has 7 heteroatoms. The molecule has 0 saturated carbocycles. The summed E-state index contributed by atoms with van der Waals surface area (Å²) in [5.74, 6) is 1.43. The van der Waals surface area contributed by atoms with Crippen LogP contribution >= 0.6 is 0 Å². The number of rotatable bonds is 7. The van der Waals surface area contributed by atoms with E-state index in [1.54, 1.807) is 0 Å². The topological polar surface area (TPSA) is 75.2 Å². The van der Waals surface area contributed by atoms with Gasteiger partial charge in [-0.1, -0.05) is 6.92 Å². The first kappa shape index (κ1) is 15.7. The summed E-state index contributed by atoms with van der Waals surface area (Å²) in [5.41, 5.74) is 0.856. The van der Waals surface area contributed by atoms with Crippen molar-refractivity contribution in [2.75, 3.05) is 42.4 Å². The van der Waals surface area contributed by atoms with E-state index in [1.165, 1.54) is 6.26 Å². The second-order valence-corrected chi connectivity index (χ2v) is 6.93. The Kier molecular flexibility index (Phi) is 5.53. The highest BCUT2D eigenvalue weighted by Gasteiger charge is 2.09. The molecule has 0 aliphatic carbocycles. The molecule has 0 aliphatic heterocycles. The highest BCUT2D eigenvalue weighted by atomic mass is 32.2. The lowest BCUT2D eigenvalue weighted by atomic mass is 10.4. The van der Waals surface area contributed by atoms with Crippen LogP contribution in [-0.2, 0) is 9.84 Å². The molecule has 19 heavy (non-hydrogen) atoms. The van der Waals surface area contributed by atoms with Crippen molar-refractivity contribution >= 4 is 21.6 Å². The zero-order valence-electron chi connectivity index (χ0n) is 12.0. The fraction of sp³-hybridized carbons (Fsp3) is 0.667. The molecule has 0 aliphatic rings. The smallest absolute Gasteiger partial charge is 0.224 e. The van der Waals surface area contributed by atoms with Gasteiger partial charge in [-0.25, -0.2) is 13.4 Å². The minimum atomic E-state index is -2.96. The summed E-state index contributed by atoms with van der Waals surface area (Å²) in [4.78, 5) is 10.5. The van der Waals surface area contributed by atoms with Gasteiger partial charge >= 0.3 is 0 Å². The quantitative estimate of drug-likeness (QED) is 0.808. The van der Waals surface area contributed by atoms with Crippen molar-refractivity contribution < 1.29 is 8.42 Å². The van der Waals surface area contributed by atoms with E-state index in [-0.39, 0.29) is 5.75 Å². The van der Waals surface area contributed by atoms with E-state index >= 15 is 0 Å². The summed E-state index contributed by atoms with van der Waals surface area (Å²) in [5, 5.41) is 3.14. The number of nitrogens with zero attached hydrogens (tertiary/aromatic N) is 3. The van der Waals surface area contributed by atoms with Crippen LogP contribution in [0.25, 0.3) is 0 Å². The van der Waals surface area contributed by atoms with E-state index in [2.05, 4.69) is 22.2 Å². The summed E-state index contributed by atoms with van der Waals surface area (Å²) < 4.78 is 22.3. The Hall–Kier alpha value is -1.37. The summed E-state index contributed by atoms with van der Waals surface area (Å²) in [6.45, 7) is 5.20. The molecule has 0 fully saturated rings. The molecular weight excluding hydrogens is 264 g/mol. The van der Waals surface area contributed by atoms with Crippen LogP contribution in [0.5, 0.6) is 0 Å². The lowest BCUT2D eigenvalue weighted by Crippen LogP contribution is -2.26. The van der Waals surface area contributed by atoms with Crippen LogP contribution in [0.1, 0.15) is 19.0 Å². The normalized spacial score (nSPS) is 11.4. The fourth-order valence-corrected chi connectivity index (χ4v) is 2.09. The standard InChI is InChI=1S/C12H22N4O2S/c1-5-6-13-12-14-10(2)9-11(15-12)16(3)7-8-19(4,17)18/h9H,5-8H2,1-4H3,(H,13,14,15). The zero-order chi connectivity index (χ0) is 14.5. The summed E-state index contributed by atoms with van der Waals surface area (Å²) in [6.07, 6.45) is 2.23. The lowest BCUT2D eigenvalue weighted by Gasteiger charge is -2.18. The largest absolute Gasteiger partial charge is 0.358 e. The Morgan fingerprint density at radius 2 is 2.05 bits per heavy atom. The van der Waals surface area contributed by atoms with Crippen LogP contribution in [0.3, 0.4) is 0 Å². The summed E-state index contributed by atoms with van der Waals surface area (Å²) in [6, 6.07) is 1.85. The fourth-order valence-electron chi connectivity index (χ4n) is 1.48. The van der Waals surface area contributed by atoms with E-state index in [1.807, 2.05) is 24.9 Å². The average molecular weight is 286 g/mol. The molecule has 1 heterocycles. The van der Waals surface area contributed by atoms with Crippen LogP contribution in [0, 0.1) is 6.92 Å². The van der Waals surface area contributed by atoms with Gasteiger partial charge in [-0.15, -0.1) is 0 Å². The lowest BCUT2D eigenvalue weighted by molar-refractivity contribution is 0.601. The van der Waals surface area contributed by atoms with Crippen molar-refractivity contribution in [3.63, 3.8) is 0 Å². The molecule has 0 aromatic carbocycles. The third-order valence-corrected chi connectivity index (χ3v) is 3.49. The Balaban J connectivity index is 2.78. The molecule has 0 spiro atoms. The van der Waals surface area contributed by atoms with Crippen LogP contribution in [-0.4, -0.2) is 50.5 Å². The predicted octanol–water partition coefficient (Wildman–Crippen LogP) is 1.09. The van der Waals surface area contributed by atoms with Crippen molar-refractivity contribution in [3.05, 3.63) is 11.8 Å². The molecule has 108 valence electrons. The van der Waals surface area contributed by atoms with Crippen molar-refractivity contribution in [3.8, 4) is 0 Å². The van der Waals surface area contributed by atoms with Crippen LogP contribution in [0.4, 0.5) is 11.8 Å². The number of hydrogen-bond acceptors (Lipinski definition) is 6. The maximum absolute atomic E-state index is 11.2. The maximum atomic E-state index is 11.2. The molecule has 6 nitrogen and oxygen atoms in total. The number of hydrogen-bond donors (Lipinski definition) is 1. The van der Waals surface area contributed by atoms with Crippen molar-refractivity contribution in [2.45, 2.75) is 20.3 Å². The molecule has 0 amide bonds. The molecule has 0 unspecified atom stereocenters. The number of aromatic nitrogens is 2. The van der Waals surface area contributed by atoms with Gasteiger partial charge in [0.1, 0.15) is 15.7 Å². The Bertz CT molecular complexity index is 516. The zero-order valence-corrected chi connectivity index (χ0v) is 12.8. The van der Waals surface area contributed by atoms with Gasteiger partial charge in [0.25, 0.3) is 0 Å². The van der Waals surface area contributed by atoms with Gasteiger partial charge in [0.05, 0.1) is 5.75 Å². The molecule has 1 aromatic rings. The molecule has 0 saturated heterocycles. The van der Waals surface area contributed by atoms with Crippen LogP contribution < -0.4 is 10.2 Å². The van der Waals surface area contributed by atoms with E-state index in [0.717, 1.165) is 24.5 Å². The first-order chi connectivity index (χ1) is 8.81. The number of nitrogens with one attached hydrogen (secondary N) is 1. The third kappa shape index (κ3) is 5.87. The van der Waals surface area contributed by atoms with Crippen LogP contribution in [0.2, 0.25) is 0 Å². The average Bonchev–Trinajstić information content (AvgIpc) is 2.31. The molecule has 1 N–H and O–H groups in total. The Morgan fingerprint density at radius 1 is 1.37 bits per heavy atom. The second-order valence-electron chi connectivity index (χ2n) is 4.67. The van der Waals surface area contributed by atoms with Crippen molar-refractivity contribution in [2.24, 2.45) is 0 Å².